The minimum absolute atomic E-state index is 0.0552. The van der Waals surface area contributed by atoms with E-state index < -0.39 is 16.0 Å². The molecule has 0 bridgehead atoms. The molecule has 7 heteroatoms. The third kappa shape index (κ3) is 4.09. The van der Waals surface area contributed by atoms with Gasteiger partial charge in [0.15, 0.2) is 0 Å². The van der Waals surface area contributed by atoms with E-state index in [1.165, 1.54) is 22.5 Å². The second kappa shape index (κ2) is 7.78. The van der Waals surface area contributed by atoms with E-state index in [2.05, 4.69) is 0 Å². The Kier molecular flexibility index (Phi) is 5.65. The van der Waals surface area contributed by atoms with Crippen LogP contribution < -0.4 is 0 Å². The van der Waals surface area contributed by atoms with Crippen LogP contribution >= 0.6 is 11.6 Å². The largest absolute Gasteiger partial charge is 0.457 e. The number of esters is 1. The van der Waals surface area contributed by atoms with Gasteiger partial charge in [-0.05, 0) is 43.5 Å². The van der Waals surface area contributed by atoms with E-state index in [-0.39, 0.29) is 22.1 Å². The Morgan fingerprint density at radius 2 is 1.88 bits per heavy atom. The van der Waals surface area contributed by atoms with Gasteiger partial charge >= 0.3 is 5.97 Å². The molecule has 0 saturated carbocycles. The molecule has 1 aliphatic rings. The number of benzene rings is 2. The molecule has 3 rings (SSSR count). The van der Waals surface area contributed by atoms with Crippen molar-refractivity contribution in [2.45, 2.75) is 31.3 Å². The number of nitrogens with zero attached hydrogens (tertiary/aromatic N) is 1. The molecule has 2 aromatic carbocycles. The molecule has 0 N–H and O–H groups in total. The van der Waals surface area contributed by atoms with Gasteiger partial charge in [-0.1, -0.05) is 41.4 Å². The fourth-order valence-electron chi connectivity index (χ4n) is 2.93. The lowest BCUT2D eigenvalue weighted by molar-refractivity contribution is 0.0472. The summed E-state index contributed by atoms with van der Waals surface area (Å²) in [5.41, 5.74) is 1.98. The first-order chi connectivity index (χ1) is 12.4. The van der Waals surface area contributed by atoms with Gasteiger partial charge in [0.1, 0.15) is 6.61 Å². The van der Waals surface area contributed by atoms with Crippen LogP contribution in [-0.4, -0.2) is 31.8 Å². The maximum Gasteiger partial charge on any atom is 0.340 e. The highest BCUT2D eigenvalue weighted by Crippen LogP contribution is 2.26. The Morgan fingerprint density at radius 3 is 2.58 bits per heavy atom. The van der Waals surface area contributed by atoms with Crippen molar-refractivity contribution in [2.24, 2.45) is 0 Å². The summed E-state index contributed by atoms with van der Waals surface area (Å²) in [4.78, 5) is 12.5. The van der Waals surface area contributed by atoms with Gasteiger partial charge in [-0.25, -0.2) is 13.2 Å². The number of hydrogen-bond acceptors (Lipinski definition) is 4. The first-order valence-electron chi connectivity index (χ1n) is 8.40. The van der Waals surface area contributed by atoms with Crippen molar-refractivity contribution >= 4 is 27.6 Å². The number of hydrogen-bond donors (Lipinski definition) is 0. The van der Waals surface area contributed by atoms with Crippen LogP contribution in [0.3, 0.4) is 0 Å². The number of carbonyl (C=O) groups excluding carboxylic acids is 1. The van der Waals surface area contributed by atoms with E-state index in [1.54, 1.807) is 0 Å². The third-order valence-electron chi connectivity index (χ3n) is 4.31. The highest BCUT2D eigenvalue weighted by molar-refractivity contribution is 7.89. The molecule has 0 atom stereocenters. The summed E-state index contributed by atoms with van der Waals surface area (Å²) in [6.07, 6.45) is 1.69. The van der Waals surface area contributed by atoms with E-state index in [0.717, 1.165) is 24.0 Å². The van der Waals surface area contributed by atoms with Crippen LogP contribution in [0.4, 0.5) is 0 Å². The number of carbonyl (C=O) groups is 1. The van der Waals surface area contributed by atoms with Crippen molar-refractivity contribution in [1.29, 1.82) is 0 Å². The Morgan fingerprint density at radius 1 is 1.15 bits per heavy atom. The topological polar surface area (TPSA) is 63.7 Å². The van der Waals surface area contributed by atoms with Crippen LogP contribution in [0.25, 0.3) is 0 Å². The smallest absolute Gasteiger partial charge is 0.340 e. The van der Waals surface area contributed by atoms with Gasteiger partial charge in [0, 0.05) is 13.1 Å². The predicted molar refractivity (Wildman–Crippen MR) is 99.7 cm³/mol. The van der Waals surface area contributed by atoms with Crippen molar-refractivity contribution in [3.8, 4) is 0 Å². The summed E-state index contributed by atoms with van der Waals surface area (Å²) in [5.74, 6) is -0.644. The molecule has 0 amide bonds. The molecular formula is C19H20ClNO4S. The lowest BCUT2D eigenvalue weighted by atomic mass is 10.1. The van der Waals surface area contributed by atoms with Crippen molar-refractivity contribution in [2.75, 3.05) is 13.1 Å². The van der Waals surface area contributed by atoms with E-state index in [4.69, 9.17) is 16.3 Å². The Labute approximate surface area is 158 Å². The Hall–Kier alpha value is -1.89. The van der Waals surface area contributed by atoms with Gasteiger partial charge < -0.3 is 4.74 Å². The summed E-state index contributed by atoms with van der Waals surface area (Å²) in [6, 6.07) is 11.8. The summed E-state index contributed by atoms with van der Waals surface area (Å²) in [7, 11) is -3.62. The first-order valence-corrected chi connectivity index (χ1v) is 10.2. The number of aryl methyl sites for hydroxylation is 1. The van der Waals surface area contributed by atoms with Crippen molar-refractivity contribution in [3.63, 3.8) is 0 Å². The second-order valence-corrected chi connectivity index (χ2v) is 8.66. The van der Waals surface area contributed by atoms with E-state index in [1.807, 2.05) is 31.2 Å². The standard InChI is InChI=1S/C19H20ClNO4S/c1-14-5-4-6-15(11-14)13-25-19(22)17-12-16(7-8-18(17)20)26(23,24)21-9-2-3-10-21/h4-8,11-12H,2-3,9-10,13H2,1H3. The van der Waals surface area contributed by atoms with Gasteiger partial charge in [0.05, 0.1) is 15.5 Å². The van der Waals surface area contributed by atoms with Gasteiger partial charge in [0.25, 0.3) is 0 Å². The maximum atomic E-state index is 12.7. The normalized spacial score (nSPS) is 15.2. The first kappa shape index (κ1) is 18.9. The molecule has 0 aliphatic carbocycles. The second-order valence-electron chi connectivity index (χ2n) is 6.32. The summed E-state index contributed by atoms with van der Waals surface area (Å²) < 4.78 is 32.1. The Bertz CT molecular complexity index is 921. The summed E-state index contributed by atoms with van der Waals surface area (Å²) in [6.45, 7) is 3.05. The molecule has 1 heterocycles. The van der Waals surface area contributed by atoms with Gasteiger partial charge in [-0.2, -0.15) is 4.31 Å². The molecule has 1 aliphatic heterocycles. The van der Waals surface area contributed by atoms with E-state index in [9.17, 15) is 13.2 Å². The molecular weight excluding hydrogens is 374 g/mol. The molecule has 0 aromatic heterocycles. The SMILES string of the molecule is Cc1cccc(COC(=O)c2cc(S(=O)(=O)N3CCCC3)ccc2Cl)c1. The minimum atomic E-state index is -3.62. The number of ether oxygens (including phenoxy) is 1. The molecule has 0 radical (unpaired) electrons. The fourth-order valence-corrected chi connectivity index (χ4v) is 4.67. The monoisotopic (exact) mass is 393 g/mol. The van der Waals surface area contributed by atoms with Crippen LogP contribution in [0, 0.1) is 6.92 Å². The highest BCUT2D eigenvalue weighted by atomic mass is 35.5. The zero-order valence-corrected chi connectivity index (χ0v) is 16.0. The minimum Gasteiger partial charge on any atom is -0.457 e. The molecule has 1 fully saturated rings. The quantitative estimate of drug-likeness (QED) is 0.725. The van der Waals surface area contributed by atoms with Crippen LogP contribution in [0.2, 0.25) is 5.02 Å². The lowest BCUT2D eigenvalue weighted by Gasteiger charge is -2.16. The average Bonchev–Trinajstić information content (AvgIpc) is 3.15. The van der Waals surface area contributed by atoms with Crippen molar-refractivity contribution < 1.29 is 17.9 Å². The summed E-state index contributed by atoms with van der Waals surface area (Å²) >= 11 is 6.10. The molecule has 26 heavy (non-hydrogen) atoms. The Balaban J connectivity index is 1.79. The predicted octanol–water partition coefficient (Wildman–Crippen LogP) is 3.79. The van der Waals surface area contributed by atoms with Gasteiger partial charge in [-0.15, -0.1) is 0 Å². The molecule has 2 aromatic rings. The van der Waals surface area contributed by atoms with Gasteiger partial charge in [-0.3, -0.25) is 0 Å². The zero-order chi connectivity index (χ0) is 18.7. The average molecular weight is 394 g/mol. The zero-order valence-electron chi connectivity index (χ0n) is 14.4. The van der Waals surface area contributed by atoms with Crippen LogP contribution in [-0.2, 0) is 21.4 Å². The molecule has 5 nitrogen and oxygen atoms in total. The van der Waals surface area contributed by atoms with E-state index in [0.29, 0.717) is 13.1 Å². The fraction of sp³-hybridized carbons (Fsp3) is 0.316. The highest BCUT2D eigenvalue weighted by Gasteiger charge is 2.28. The van der Waals surface area contributed by atoms with Gasteiger partial charge in [0.2, 0.25) is 10.0 Å². The number of sulfonamides is 1. The molecule has 138 valence electrons. The maximum absolute atomic E-state index is 12.7. The van der Waals surface area contributed by atoms with Crippen LogP contribution in [0.5, 0.6) is 0 Å². The third-order valence-corrected chi connectivity index (χ3v) is 6.54. The summed E-state index contributed by atoms with van der Waals surface area (Å²) in [5, 5.41) is 0.166. The molecule has 0 unspecified atom stereocenters. The van der Waals surface area contributed by atoms with Crippen LogP contribution in [0.15, 0.2) is 47.4 Å². The van der Waals surface area contributed by atoms with Crippen molar-refractivity contribution in [1.82, 2.24) is 4.31 Å². The lowest BCUT2D eigenvalue weighted by Crippen LogP contribution is -2.28. The number of halogens is 1. The van der Waals surface area contributed by atoms with Crippen molar-refractivity contribution in [3.05, 3.63) is 64.2 Å². The van der Waals surface area contributed by atoms with E-state index >= 15 is 0 Å². The van der Waals surface area contributed by atoms with Crippen LogP contribution in [0.1, 0.15) is 34.3 Å². The number of rotatable bonds is 5. The molecule has 0 spiro atoms. The molecule has 1 saturated heterocycles.